The molecular formula is C31H48ClN3O11. The van der Waals surface area contributed by atoms with Crippen LogP contribution in [-0.2, 0) is 56.0 Å². The molecule has 0 aliphatic rings. The standard InChI is InChI=1S/C15H21NO5.C8H11NO.C4H5ClO3.C4H11NO2/c1-19-12-6-4-11(5-7-12)10-16-15(18)13(17)8-9-14(20-2)21-3;1-10-8-4-2-7(6-9)3-5-8;1-2-8-4(7)3(5)6;1-6-4(3-5)7-2/h4-7,14H,8-10H2,1-3H3,(H,16,18);2-5H,6,9H2,1H3;2H2,1H3;4H,3,5H2,1-2H3. The van der Waals surface area contributed by atoms with E-state index in [9.17, 15) is 19.2 Å². The minimum absolute atomic E-state index is 0.0841. The highest BCUT2D eigenvalue weighted by atomic mass is 35.5. The number of hydrogen-bond donors (Lipinski definition) is 3. The van der Waals surface area contributed by atoms with Crippen LogP contribution in [0, 0.1) is 0 Å². The average Bonchev–Trinajstić information content (AvgIpc) is 3.09. The number of Topliss-reactive ketones (excluding diaryl/α,β-unsaturated/α-hetero) is 1. The number of carbonyl (C=O) groups is 4. The number of amides is 1. The molecule has 0 saturated heterocycles. The first kappa shape index (κ1) is 44.5. The Morgan fingerprint density at radius 3 is 1.50 bits per heavy atom. The van der Waals surface area contributed by atoms with E-state index in [1.54, 1.807) is 47.5 Å². The van der Waals surface area contributed by atoms with Crippen LogP contribution in [0.2, 0.25) is 0 Å². The number of ketones is 1. The van der Waals surface area contributed by atoms with Gasteiger partial charge in [0, 0.05) is 60.9 Å². The SMILES string of the molecule is CCOC(=O)C(=O)Cl.COC(CN)OC.COc1ccc(CN)cc1.COc1ccc(CNC(=O)C(=O)CCC(OC)OC)cc1. The third-order valence-electron chi connectivity index (χ3n) is 5.55. The molecule has 2 aromatic rings. The molecule has 260 valence electrons. The molecule has 5 N–H and O–H groups in total. The van der Waals surface area contributed by atoms with Gasteiger partial charge in [0.05, 0.1) is 20.8 Å². The van der Waals surface area contributed by atoms with Crippen molar-refractivity contribution in [3.05, 3.63) is 59.7 Å². The van der Waals surface area contributed by atoms with Crippen molar-refractivity contribution in [2.75, 3.05) is 55.8 Å². The minimum Gasteiger partial charge on any atom is -0.497 e. The van der Waals surface area contributed by atoms with Gasteiger partial charge in [0.2, 0.25) is 5.78 Å². The molecule has 0 heterocycles. The van der Waals surface area contributed by atoms with Crippen LogP contribution < -0.4 is 26.3 Å². The van der Waals surface area contributed by atoms with E-state index in [-0.39, 0.29) is 19.3 Å². The van der Waals surface area contributed by atoms with Gasteiger partial charge in [0.1, 0.15) is 11.5 Å². The fourth-order valence-corrected chi connectivity index (χ4v) is 3.01. The lowest BCUT2D eigenvalue weighted by atomic mass is 10.2. The molecule has 0 aliphatic carbocycles. The zero-order chi connectivity index (χ0) is 35.3. The molecule has 46 heavy (non-hydrogen) atoms. The van der Waals surface area contributed by atoms with Gasteiger partial charge >= 0.3 is 11.2 Å². The molecule has 0 atom stereocenters. The second-order valence-corrected chi connectivity index (χ2v) is 8.92. The molecule has 0 aliphatic heterocycles. The van der Waals surface area contributed by atoms with E-state index in [0.717, 1.165) is 22.6 Å². The number of nitrogens with one attached hydrogen (secondary N) is 1. The zero-order valence-corrected chi connectivity index (χ0v) is 28.3. The maximum atomic E-state index is 11.7. The van der Waals surface area contributed by atoms with Crippen LogP contribution in [0.25, 0.3) is 0 Å². The number of benzene rings is 2. The second kappa shape index (κ2) is 28.8. The van der Waals surface area contributed by atoms with E-state index < -0.39 is 29.2 Å². The van der Waals surface area contributed by atoms with E-state index in [0.29, 0.717) is 26.1 Å². The topological polar surface area (TPSA) is 197 Å². The first-order chi connectivity index (χ1) is 22.0. The van der Waals surface area contributed by atoms with Crippen molar-refractivity contribution in [3.8, 4) is 11.5 Å². The smallest absolute Gasteiger partial charge is 0.391 e. The molecule has 0 fully saturated rings. The molecule has 0 bridgehead atoms. The van der Waals surface area contributed by atoms with Crippen LogP contribution in [0.15, 0.2) is 48.5 Å². The van der Waals surface area contributed by atoms with Gasteiger partial charge in [0.25, 0.3) is 5.91 Å². The maximum Gasteiger partial charge on any atom is 0.391 e. The zero-order valence-electron chi connectivity index (χ0n) is 27.5. The Morgan fingerprint density at radius 2 is 1.20 bits per heavy atom. The van der Waals surface area contributed by atoms with Gasteiger partial charge in [-0.15, -0.1) is 0 Å². The molecule has 1 amide bonds. The first-order valence-corrected chi connectivity index (χ1v) is 14.3. The van der Waals surface area contributed by atoms with E-state index in [1.807, 2.05) is 36.4 Å². The van der Waals surface area contributed by atoms with E-state index >= 15 is 0 Å². The number of nitrogens with two attached hydrogens (primary N) is 2. The van der Waals surface area contributed by atoms with Crippen molar-refractivity contribution in [1.29, 1.82) is 0 Å². The molecule has 0 saturated carbocycles. The largest absolute Gasteiger partial charge is 0.497 e. The summed E-state index contributed by atoms with van der Waals surface area (Å²) in [4.78, 5) is 43.2. The highest BCUT2D eigenvalue weighted by molar-refractivity contribution is 6.80. The van der Waals surface area contributed by atoms with E-state index in [4.69, 9.17) is 51.5 Å². The van der Waals surface area contributed by atoms with Crippen molar-refractivity contribution in [2.24, 2.45) is 11.5 Å². The summed E-state index contributed by atoms with van der Waals surface area (Å²) in [6.45, 7) is 3.07. The normalized spacial score (nSPS) is 9.83. The van der Waals surface area contributed by atoms with Crippen LogP contribution in [0.1, 0.15) is 30.9 Å². The number of carbonyl (C=O) groups excluding carboxylic acids is 4. The summed E-state index contributed by atoms with van der Waals surface area (Å²) in [6, 6.07) is 15.0. The number of rotatable bonds is 16. The molecule has 2 rings (SSSR count). The Labute approximate surface area is 275 Å². The van der Waals surface area contributed by atoms with E-state index in [2.05, 4.69) is 10.1 Å². The van der Waals surface area contributed by atoms with Crippen LogP contribution in [0.5, 0.6) is 11.5 Å². The number of esters is 1. The molecule has 0 radical (unpaired) electrons. The first-order valence-electron chi connectivity index (χ1n) is 13.9. The lowest BCUT2D eigenvalue weighted by Gasteiger charge is -2.12. The number of ether oxygens (including phenoxy) is 7. The fraction of sp³-hybridized carbons (Fsp3) is 0.484. The summed E-state index contributed by atoms with van der Waals surface area (Å²) >= 11 is 4.69. The van der Waals surface area contributed by atoms with Crippen molar-refractivity contribution >= 4 is 34.5 Å². The van der Waals surface area contributed by atoms with Gasteiger partial charge in [-0.25, -0.2) is 4.79 Å². The minimum atomic E-state index is -1.08. The highest BCUT2D eigenvalue weighted by Gasteiger charge is 2.16. The monoisotopic (exact) mass is 673 g/mol. The number of hydrogen-bond acceptors (Lipinski definition) is 13. The molecule has 15 heteroatoms. The van der Waals surface area contributed by atoms with Gasteiger partial charge in [-0.2, -0.15) is 0 Å². The van der Waals surface area contributed by atoms with Gasteiger partial charge in [0.15, 0.2) is 12.6 Å². The molecule has 14 nitrogen and oxygen atoms in total. The summed E-state index contributed by atoms with van der Waals surface area (Å²) in [5.74, 6) is -0.461. The maximum absolute atomic E-state index is 11.7. The summed E-state index contributed by atoms with van der Waals surface area (Å²) in [6.07, 6.45) is -0.272. The summed E-state index contributed by atoms with van der Waals surface area (Å²) < 4.78 is 33.5. The lowest BCUT2D eigenvalue weighted by Crippen LogP contribution is -2.31. The van der Waals surface area contributed by atoms with Gasteiger partial charge in [-0.3, -0.25) is 14.4 Å². The molecule has 0 spiro atoms. The molecule has 2 aromatic carbocycles. The third kappa shape index (κ3) is 22.0. The summed E-state index contributed by atoms with van der Waals surface area (Å²) in [5.41, 5.74) is 12.6. The van der Waals surface area contributed by atoms with Crippen LogP contribution in [0.4, 0.5) is 0 Å². The highest BCUT2D eigenvalue weighted by Crippen LogP contribution is 2.11. The van der Waals surface area contributed by atoms with Crippen molar-refractivity contribution in [2.45, 2.75) is 45.4 Å². The Kier molecular flexibility index (Phi) is 27.9. The Balaban J connectivity index is 0. The molecule has 0 unspecified atom stereocenters. The Bertz CT molecular complexity index is 1070. The van der Waals surface area contributed by atoms with Crippen molar-refractivity contribution < 1.29 is 52.3 Å². The average molecular weight is 674 g/mol. The Morgan fingerprint density at radius 1 is 0.739 bits per heavy atom. The van der Waals surface area contributed by atoms with Crippen molar-refractivity contribution in [1.82, 2.24) is 5.32 Å². The van der Waals surface area contributed by atoms with E-state index in [1.165, 1.54) is 14.2 Å². The number of halogens is 1. The van der Waals surface area contributed by atoms with Gasteiger partial charge < -0.3 is 49.9 Å². The Hall–Kier alpha value is -3.63. The molecular weight excluding hydrogens is 626 g/mol. The van der Waals surface area contributed by atoms with Crippen LogP contribution in [-0.4, -0.2) is 91.3 Å². The second-order valence-electron chi connectivity index (χ2n) is 8.58. The lowest BCUT2D eigenvalue weighted by molar-refractivity contribution is -0.149. The predicted molar refractivity (Wildman–Crippen MR) is 172 cm³/mol. The summed E-state index contributed by atoms with van der Waals surface area (Å²) in [7, 11) is 9.33. The quantitative estimate of drug-likeness (QED) is 0.102. The number of methoxy groups -OCH3 is 6. The van der Waals surface area contributed by atoms with Gasteiger partial charge in [-0.05, 0) is 53.9 Å². The van der Waals surface area contributed by atoms with Crippen LogP contribution in [0.3, 0.4) is 0 Å². The fourth-order valence-electron chi connectivity index (χ4n) is 2.96. The third-order valence-corrected chi connectivity index (χ3v) is 5.70. The van der Waals surface area contributed by atoms with Gasteiger partial charge in [-0.1, -0.05) is 24.3 Å². The van der Waals surface area contributed by atoms with Crippen molar-refractivity contribution in [3.63, 3.8) is 0 Å². The summed E-state index contributed by atoms with van der Waals surface area (Å²) in [5, 5.41) is 1.51. The molecule has 0 aromatic heterocycles. The van der Waals surface area contributed by atoms with Crippen LogP contribution >= 0.6 is 11.6 Å². The predicted octanol–water partition coefficient (Wildman–Crippen LogP) is 2.31.